The number of guanidine groups is 1. The molecule has 0 fully saturated rings. The maximum Gasteiger partial charge on any atom is 0.416 e. The number of benzene rings is 5. The van der Waals surface area contributed by atoms with Crippen molar-refractivity contribution in [2.24, 2.45) is 0 Å². The largest absolute Gasteiger partial charge is 0.488 e. The van der Waals surface area contributed by atoms with Gasteiger partial charge in [0.2, 0.25) is 17.8 Å². The molecule has 0 aliphatic carbocycles. The highest BCUT2D eigenvalue weighted by Crippen LogP contribution is 2.20. The SMILES string of the molecule is CC(C)(C)OC(=O)N[C@@H](Cc1ccc(OC(C)(C)C)cc1)C(=O)N[C@H](CCCN(C(=N)NC(=O)OCc1ccccc1)C(=O)OCc1ccccc1)C(=O)N[C@@H](Cc1ccccc1)C(=O)OCc1ccccc1. The van der Waals surface area contributed by atoms with Crippen molar-refractivity contribution < 1.29 is 52.5 Å². The smallest absolute Gasteiger partial charge is 0.416 e. The van der Waals surface area contributed by atoms with Crippen LogP contribution in [0.4, 0.5) is 14.4 Å². The fourth-order valence-electron chi connectivity index (χ4n) is 7.10. The van der Waals surface area contributed by atoms with Gasteiger partial charge in [-0.15, -0.1) is 0 Å². The fraction of sp³-hybridized carbons (Fsp3) is 0.339. The fourth-order valence-corrected chi connectivity index (χ4v) is 7.10. The average Bonchev–Trinajstić information content (AvgIpc) is 3.35. The number of carbonyl (C=O) groups is 6. The molecule has 0 spiro atoms. The topological polar surface area (TPSA) is 224 Å². The van der Waals surface area contributed by atoms with E-state index in [-0.39, 0.29) is 52.0 Å². The molecule has 0 radical (unpaired) electrons. The highest BCUT2D eigenvalue weighted by atomic mass is 16.6. The molecule has 5 N–H and O–H groups in total. The zero-order valence-electron chi connectivity index (χ0n) is 42.2. The number of nitrogens with zero attached hydrogens (tertiary/aromatic N) is 1. The predicted octanol–water partition coefficient (Wildman–Crippen LogP) is 8.54. The summed E-state index contributed by atoms with van der Waals surface area (Å²) in [5.41, 5.74) is 2.04. The minimum Gasteiger partial charge on any atom is -0.488 e. The Labute approximate surface area is 426 Å². The molecule has 5 rings (SSSR count). The number of amides is 5. The van der Waals surface area contributed by atoms with E-state index in [2.05, 4.69) is 21.3 Å². The lowest BCUT2D eigenvalue weighted by molar-refractivity contribution is -0.149. The standard InChI is InChI=1S/C56H66N6O11/c1-55(2,3)72-44-31-29-40(30-32-44)34-46(60-53(67)73-56(4,5)6)49(64)58-45(48(63)59-47(35-39-20-11-7-12-21-39)50(65)69-36-41-22-13-8-14-23-41)28-19-33-62(54(68)71-38-43-26-17-10-18-27-43)51(57)61-52(66)70-37-42-24-15-9-16-25-42/h7-18,20-27,29-32,45-47H,19,28,33-38H2,1-6H3,(H,58,64)(H,59,63)(H,60,67)(H2,57,61,66)/t45-,46+,47+/m1/s1. The molecule has 0 aromatic heterocycles. The van der Waals surface area contributed by atoms with Crippen LogP contribution in [0, 0.1) is 5.41 Å². The monoisotopic (exact) mass is 998 g/mol. The summed E-state index contributed by atoms with van der Waals surface area (Å²) in [7, 11) is 0. The highest BCUT2D eigenvalue weighted by molar-refractivity contribution is 5.99. The molecule has 0 aliphatic rings. The van der Waals surface area contributed by atoms with Gasteiger partial charge in [-0.25, -0.2) is 24.1 Å². The molecule has 386 valence electrons. The van der Waals surface area contributed by atoms with Gasteiger partial charge in [0, 0.05) is 19.4 Å². The first-order valence-corrected chi connectivity index (χ1v) is 24.0. The van der Waals surface area contributed by atoms with E-state index in [9.17, 15) is 28.8 Å². The molecule has 0 unspecified atom stereocenters. The molecule has 0 saturated carbocycles. The van der Waals surface area contributed by atoms with E-state index in [1.165, 1.54) is 0 Å². The van der Waals surface area contributed by atoms with Gasteiger partial charge in [0.25, 0.3) is 0 Å². The van der Waals surface area contributed by atoms with Crippen LogP contribution in [0.1, 0.15) is 82.2 Å². The van der Waals surface area contributed by atoms with Crippen LogP contribution < -0.4 is 26.0 Å². The predicted molar refractivity (Wildman–Crippen MR) is 274 cm³/mol. The number of ether oxygens (including phenoxy) is 5. The van der Waals surface area contributed by atoms with Crippen molar-refractivity contribution in [2.75, 3.05) is 6.54 Å². The van der Waals surface area contributed by atoms with Crippen molar-refractivity contribution in [2.45, 2.75) is 116 Å². The zero-order chi connectivity index (χ0) is 52.8. The second-order valence-corrected chi connectivity index (χ2v) is 19.0. The van der Waals surface area contributed by atoms with Crippen LogP contribution in [0.15, 0.2) is 146 Å². The number of carbonyl (C=O) groups excluding carboxylic acids is 6. The van der Waals surface area contributed by atoms with Gasteiger partial charge in [0.05, 0.1) is 0 Å². The minimum absolute atomic E-state index is 0.0306. The Morgan fingerprint density at radius 2 is 0.959 bits per heavy atom. The van der Waals surface area contributed by atoms with Crippen LogP contribution in [0.25, 0.3) is 0 Å². The quantitative estimate of drug-likeness (QED) is 0.0203. The summed E-state index contributed by atoms with van der Waals surface area (Å²) < 4.78 is 28.1. The van der Waals surface area contributed by atoms with Crippen LogP contribution in [0.5, 0.6) is 5.75 Å². The summed E-state index contributed by atoms with van der Waals surface area (Å²) in [6, 6.07) is 38.8. The molecule has 73 heavy (non-hydrogen) atoms. The summed E-state index contributed by atoms with van der Waals surface area (Å²) in [5.74, 6) is -2.39. The third kappa shape index (κ3) is 20.6. The normalized spacial score (nSPS) is 12.4. The van der Waals surface area contributed by atoms with Gasteiger partial charge in [0.15, 0.2) is 0 Å². The van der Waals surface area contributed by atoms with Crippen molar-refractivity contribution in [3.63, 3.8) is 0 Å². The molecule has 0 saturated heterocycles. The molecule has 5 amide bonds. The number of hydrogen-bond acceptors (Lipinski definition) is 12. The molecule has 17 heteroatoms. The highest BCUT2D eigenvalue weighted by Gasteiger charge is 2.33. The zero-order valence-corrected chi connectivity index (χ0v) is 42.2. The van der Waals surface area contributed by atoms with Gasteiger partial charge >= 0.3 is 24.2 Å². The van der Waals surface area contributed by atoms with Gasteiger partial charge in [-0.05, 0) is 94.3 Å². The van der Waals surface area contributed by atoms with Crippen molar-refractivity contribution in [1.29, 1.82) is 5.41 Å². The van der Waals surface area contributed by atoms with Crippen molar-refractivity contribution >= 4 is 42.0 Å². The lowest BCUT2D eigenvalue weighted by atomic mass is 10.0. The molecule has 0 bridgehead atoms. The Morgan fingerprint density at radius 1 is 0.507 bits per heavy atom. The van der Waals surface area contributed by atoms with Gasteiger partial charge < -0.3 is 39.6 Å². The van der Waals surface area contributed by atoms with Crippen LogP contribution in [0.3, 0.4) is 0 Å². The Kier molecular flexibility index (Phi) is 20.9. The lowest BCUT2D eigenvalue weighted by Gasteiger charge is -2.27. The first-order chi connectivity index (χ1) is 34.8. The van der Waals surface area contributed by atoms with E-state index in [0.717, 1.165) is 10.5 Å². The number of rotatable bonds is 21. The number of nitrogens with one attached hydrogen (secondary N) is 5. The van der Waals surface area contributed by atoms with Crippen LogP contribution in [-0.4, -0.2) is 82.8 Å². The van der Waals surface area contributed by atoms with E-state index in [1.54, 1.807) is 148 Å². The summed E-state index contributed by atoms with van der Waals surface area (Å²) in [5, 5.41) is 19.3. The molecule has 0 heterocycles. The Bertz CT molecular complexity index is 2570. The number of esters is 1. The van der Waals surface area contributed by atoms with Gasteiger partial charge in [-0.2, -0.15) is 0 Å². The molecular weight excluding hydrogens is 933 g/mol. The van der Waals surface area contributed by atoms with E-state index >= 15 is 0 Å². The second kappa shape index (κ2) is 27.4. The van der Waals surface area contributed by atoms with Crippen LogP contribution in [0.2, 0.25) is 0 Å². The third-order valence-corrected chi connectivity index (χ3v) is 10.5. The molecule has 5 aromatic rings. The second-order valence-electron chi connectivity index (χ2n) is 19.0. The third-order valence-electron chi connectivity index (χ3n) is 10.5. The van der Waals surface area contributed by atoms with Crippen molar-refractivity contribution in [1.82, 2.24) is 26.2 Å². The minimum atomic E-state index is -1.42. The van der Waals surface area contributed by atoms with E-state index in [1.807, 2.05) is 39.0 Å². The summed E-state index contributed by atoms with van der Waals surface area (Å²) in [6.07, 6.45) is -3.17. The molecule has 0 aliphatic heterocycles. The van der Waals surface area contributed by atoms with Gasteiger partial charge in [-0.3, -0.25) is 20.3 Å². The molecule has 5 aromatic carbocycles. The number of hydrogen-bond donors (Lipinski definition) is 5. The summed E-state index contributed by atoms with van der Waals surface area (Å²) >= 11 is 0. The Balaban J connectivity index is 1.42. The van der Waals surface area contributed by atoms with E-state index in [0.29, 0.717) is 28.0 Å². The number of alkyl carbamates (subject to hydrolysis) is 2. The Morgan fingerprint density at radius 3 is 1.48 bits per heavy atom. The van der Waals surface area contributed by atoms with Gasteiger partial charge in [0.1, 0.15) is 54.9 Å². The van der Waals surface area contributed by atoms with Crippen LogP contribution in [-0.2, 0) is 66.0 Å². The van der Waals surface area contributed by atoms with Crippen molar-refractivity contribution in [3.05, 3.63) is 173 Å². The summed E-state index contributed by atoms with van der Waals surface area (Å²) in [4.78, 5) is 83.9. The maximum atomic E-state index is 14.7. The summed E-state index contributed by atoms with van der Waals surface area (Å²) in [6.45, 7) is 10.1. The molecule has 3 atom stereocenters. The van der Waals surface area contributed by atoms with E-state index in [4.69, 9.17) is 29.1 Å². The van der Waals surface area contributed by atoms with Crippen LogP contribution >= 0.6 is 0 Å². The Hall–Kier alpha value is -8.21. The first kappa shape index (κ1) is 55.7. The lowest BCUT2D eigenvalue weighted by Crippen LogP contribution is -2.57. The molecule has 17 nitrogen and oxygen atoms in total. The van der Waals surface area contributed by atoms with Gasteiger partial charge in [-0.1, -0.05) is 133 Å². The first-order valence-electron chi connectivity index (χ1n) is 24.0. The van der Waals surface area contributed by atoms with E-state index < -0.39 is 71.4 Å². The molecular formula is C56H66N6O11. The van der Waals surface area contributed by atoms with Crippen molar-refractivity contribution in [3.8, 4) is 5.75 Å². The maximum absolute atomic E-state index is 14.7. The average molecular weight is 999 g/mol.